The summed E-state index contributed by atoms with van der Waals surface area (Å²) >= 11 is 0. The molecule has 0 unspecified atom stereocenters. The first kappa shape index (κ1) is 9.99. The van der Waals surface area contributed by atoms with Crippen molar-refractivity contribution in [3.8, 4) is 5.75 Å². The first-order valence-electron chi connectivity index (χ1n) is 4.56. The van der Waals surface area contributed by atoms with Crippen LogP contribution in [-0.4, -0.2) is 18.6 Å². The first-order chi connectivity index (χ1) is 6.36. The summed E-state index contributed by atoms with van der Waals surface area (Å²) < 4.78 is 5.01. The van der Waals surface area contributed by atoms with Crippen molar-refractivity contribution in [2.24, 2.45) is 5.73 Å². The fourth-order valence-electron chi connectivity index (χ4n) is 1.13. The Labute approximate surface area is 78.9 Å². The van der Waals surface area contributed by atoms with Gasteiger partial charge in [-0.05, 0) is 37.9 Å². The van der Waals surface area contributed by atoms with Crippen LogP contribution in [0.4, 0.5) is 0 Å². The molecule has 0 aliphatic carbocycles. The van der Waals surface area contributed by atoms with Crippen LogP contribution in [0.5, 0.6) is 5.75 Å². The second-order valence-electron chi connectivity index (χ2n) is 2.94. The van der Waals surface area contributed by atoms with Gasteiger partial charge in [0.05, 0.1) is 13.3 Å². The number of hydrogen-bond acceptors (Lipinski definition) is 3. The summed E-state index contributed by atoms with van der Waals surface area (Å²) in [6, 6.07) is 3.93. The van der Waals surface area contributed by atoms with Crippen LogP contribution in [0.3, 0.4) is 0 Å². The Morgan fingerprint density at radius 1 is 1.38 bits per heavy atom. The van der Waals surface area contributed by atoms with E-state index in [1.165, 1.54) is 0 Å². The molecule has 0 aromatic carbocycles. The molecular formula is C10H16N2O. The molecule has 0 bridgehead atoms. The largest absolute Gasteiger partial charge is 0.495 e. The molecule has 0 aliphatic rings. The number of unbranched alkanes of at least 4 members (excludes halogenated alkanes) is 1. The van der Waals surface area contributed by atoms with Crippen LogP contribution in [0, 0.1) is 0 Å². The van der Waals surface area contributed by atoms with Crippen molar-refractivity contribution >= 4 is 0 Å². The average molecular weight is 180 g/mol. The van der Waals surface area contributed by atoms with E-state index in [2.05, 4.69) is 4.98 Å². The Kier molecular flexibility index (Phi) is 4.26. The first-order valence-corrected chi connectivity index (χ1v) is 4.56. The van der Waals surface area contributed by atoms with Gasteiger partial charge in [-0.2, -0.15) is 0 Å². The zero-order chi connectivity index (χ0) is 9.52. The van der Waals surface area contributed by atoms with E-state index in [0.717, 1.165) is 37.3 Å². The minimum Gasteiger partial charge on any atom is -0.495 e. The third kappa shape index (κ3) is 3.42. The summed E-state index contributed by atoms with van der Waals surface area (Å²) in [4.78, 5) is 4.26. The van der Waals surface area contributed by atoms with Crippen molar-refractivity contribution in [2.45, 2.75) is 19.3 Å². The Bertz CT molecular complexity index is 233. The molecule has 1 rings (SSSR count). The molecule has 0 amide bonds. The molecule has 3 nitrogen and oxygen atoms in total. The van der Waals surface area contributed by atoms with Gasteiger partial charge in [0.1, 0.15) is 5.75 Å². The summed E-state index contributed by atoms with van der Waals surface area (Å²) in [5.74, 6) is 0.808. The van der Waals surface area contributed by atoms with Crippen LogP contribution in [0.2, 0.25) is 0 Å². The van der Waals surface area contributed by atoms with Crippen molar-refractivity contribution in [1.82, 2.24) is 4.98 Å². The zero-order valence-corrected chi connectivity index (χ0v) is 7.99. The van der Waals surface area contributed by atoms with Gasteiger partial charge < -0.3 is 10.5 Å². The number of nitrogens with two attached hydrogens (primary N) is 1. The standard InChI is InChI=1S/C10H16N2O/c1-13-10-6-5-9(12-8-10)4-2-3-7-11/h5-6,8H,2-4,7,11H2,1H3. The second-order valence-corrected chi connectivity index (χ2v) is 2.94. The van der Waals surface area contributed by atoms with Crippen LogP contribution in [-0.2, 0) is 6.42 Å². The Morgan fingerprint density at radius 3 is 2.77 bits per heavy atom. The van der Waals surface area contributed by atoms with Crippen molar-refractivity contribution in [1.29, 1.82) is 0 Å². The SMILES string of the molecule is COc1ccc(CCCCN)nc1. The topological polar surface area (TPSA) is 48.1 Å². The Hall–Kier alpha value is -1.09. The lowest BCUT2D eigenvalue weighted by Gasteiger charge is -2.01. The highest BCUT2D eigenvalue weighted by Crippen LogP contribution is 2.09. The molecule has 0 atom stereocenters. The summed E-state index contributed by atoms with van der Waals surface area (Å²) in [6.07, 6.45) is 4.92. The van der Waals surface area contributed by atoms with Gasteiger partial charge in [-0.25, -0.2) is 0 Å². The van der Waals surface area contributed by atoms with Gasteiger partial charge in [-0.3, -0.25) is 4.98 Å². The van der Waals surface area contributed by atoms with Crippen molar-refractivity contribution in [3.63, 3.8) is 0 Å². The molecule has 72 valence electrons. The highest BCUT2D eigenvalue weighted by Gasteiger charge is 1.95. The van der Waals surface area contributed by atoms with Gasteiger partial charge in [0.25, 0.3) is 0 Å². The molecule has 13 heavy (non-hydrogen) atoms. The number of ether oxygens (including phenoxy) is 1. The maximum atomic E-state index is 5.40. The molecule has 0 radical (unpaired) electrons. The van der Waals surface area contributed by atoms with Gasteiger partial charge in [-0.1, -0.05) is 0 Å². The van der Waals surface area contributed by atoms with Gasteiger partial charge in [0.2, 0.25) is 0 Å². The molecular weight excluding hydrogens is 164 g/mol. The predicted octanol–water partition coefficient (Wildman–Crippen LogP) is 1.37. The summed E-state index contributed by atoms with van der Waals surface area (Å²) in [6.45, 7) is 0.760. The predicted molar refractivity (Wildman–Crippen MR) is 52.8 cm³/mol. The highest BCUT2D eigenvalue weighted by molar-refractivity contribution is 5.19. The third-order valence-corrected chi connectivity index (χ3v) is 1.92. The number of pyridine rings is 1. The molecule has 3 heteroatoms. The summed E-state index contributed by atoms with van der Waals surface area (Å²) in [7, 11) is 1.64. The number of aromatic nitrogens is 1. The van der Waals surface area contributed by atoms with Crippen LogP contribution < -0.4 is 10.5 Å². The van der Waals surface area contributed by atoms with E-state index in [1.807, 2.05) is 12.1 Å². The van der Waals surface area contributed by atoms with E-state index in [-0.39, 0.29) is 0 Å². The fraction of sp³-hybridized carbons (Fsp3) is 0.500. The molecule has 1 aromatic heterocycles. The van der Waals surface area contributed by atoms with Crippen LogP contribution in [0.25, 0.3) is 0 Å². The van der Waals surface area contributed by atoms with Crippen LogP contribution in [0.1, 0.15) is 18.5 Å². The van der Waals surface area contributed by atoms with E-state index in [4.69, 9.17) is 10.5 Å². The fourth-order valence-corrected chi connectivity index (χ4v) is 1.13. The Morgan fingerprint density at radius 2 is 2.23 bits per heavy atom. The average Bonchev–Trinajstić information content (AvgIpc) is 2.19. The minimum absolute atomic E-state index is 0.760. The number of hydrogen-bond donors (Lipinski definition) is 1. The van der Waals surface area contributed by atoms with E-state index in [1.54, 1.807) is 13.3 Å². The van der Waals surface area contributed by atoms with Gasteiger partial charge in [0, 0.05) is 5.69 Å². The molecule has 2 N–H and O–H groups in total. The molecule has 0 saturated heterocycles. The molecule has 0 fully saturated rings. The van der Waals surface area contributed by atoms with E-state index >= 15 is 0 Å². The quantitative estimate of drug-likeness (QED) is 0.696. The number of aryl methyl sites for hydroxylation is 1. The number of rotatable bonds is 5. The third-order valence-electron chi connectivity index (χ3n) is 1.92. The van der Waals surface area contributed by atoms with Crippen LogP contribution in [0.15, 0.2) is 18.3 Å². The smallest absolute Gasteiger partial charge is 0.137 e. The van der Waals surface area contributed by atoms with Crippen LogP contribution >= 0.6 is 0 Å². The molecule has 1 aromatic rings. The molecule has 0 saturated carbocycles. The second kappa shape index (κ2) is 5.54. The maximum absolute atomic E-state index is 5.40. The minimum atomic E-state index is 0.760. The maximum Gasteiger partial charge on any atom is 0.137 e. The van der Waals surface area contributed by atoms with E-state index in [0.29, 0.717) is 0 Å². The number of nitrogens with zero attached hydrogens (tertiary/aromatic N) is 1. The highest BCUT2D eigenvalue weighted by atomic mass is 16.5. The van der Waals surface area contributed by atoms with Crippen molar-refractivity contribution in [3.05, 3.63) is 24.0 Å². The summed E-state index contributed by atoms with van der Waals surface area (Å²) in [5, 5.41) is 0. The van der Waals surface area contributed by atoms with Gasteiger partial charge >= 0.3 is 0 Å². The zero-order valence-electron chi connectivity index (χ0n) is 7.99. The lowest BCUT2D eigenvalue weighted by Crippen LogP contribution is -1.99. The lowest BCUT2D eigenvalue weighted by atomic mass is 10.2. The Balaban J connectivity index is 2.40. The summed E-state index contributed by atoms with van der Waals surface area (Å²) in [5.41, 5.74) is 6.50. The number of methoxy groups -OCH3 is 1. The monoisotopic (exact) mass is 180 g/mol. The normalized spacial score (nSPS) is 10.0. The molecule has 1 heterocycles. The van der Waals surface area contributed by atoms with E-state index in [9.17, 15) is 0 Å². The van der Waals surface area contributed by atoms with Gasteiger partial charge in [-0.15, -0.1) is 0 Å². The van der Waals surface area contributed by atoms with E-state index < -0.39 is 0 Å². The van der Waals surface area contributed by atoms with Crippen molar-refractivity contribution < 1.29 is 4.74 Å². The lowest BCUT2D eigenvalue weighted by molar-refractivity contribution is 0.412. The van der Waals surface area contributed by atoms with Crippen molar-refractivity contribution in [2.75, 3.05) is 13.7 Å². The van der Waals surface area contributed by atoms with Gasteiger partial charge in [0.15, 0.2) is 0 Å². The molecule has 0 spiro atoms. The molecule has 0 aliphatic heterocycles.